The summed E-state index contributed by atoms with van der Waals surface area (Å²) >= 11 is 10.6. The van der Waals surface area contributed by atoms with Gasteiger partial charge in [0.1, 0.15) is 5.75 Å². The first-order valence-corrected chi connectivity index (χ1v) is 12.3. The van der Waals surface area contributed by atoms with Gasteiger partial charge in [-0.05, 0) is 92.7 Å². The molecule has 0 aliphatic carbocycles. The van der Waals surface area contributed by atoms with Crippen molar-refractivity contribution in [2.75, 3.05) is 11.9 Å². The Labute approximate surface area is 184 Å². The Morgan fingerprint density at radius 2 is 1.18 bits per heavy atom. The molecule has 0 amide bonds. The maximum Gasteiger partial charge on any atom is 0.145 e. The lowest BCUT2D eigenvalue weighted by molar-refractivity contribution is 0.300. The molecule has 0 fully saturated rings. The monoisotopic (exact) mass is 704 g/mol. The van der Waals surface area contributed by atoms with Crippen LogP contribution in [0.3, 0.4) is 0 Å². The molecule has 0 saturated carbocycles. The molecule has 1 aromatic carbocycles. The first-order chi connectivity index (χ1) is 10.6. The van der Waals surface area contributed by atoms with Crippen LogP contribution in [0.2, 0.25) is 0 Å². The maximum absolute atomic E-state index is 5.97. The molecule has 1 rings (SSSR count). The molecular weight excluding hydrogens is 681 g/mol. The van der Waals surface area contributed by atoms with E-state index in [2.05, 4.69) is 95.8 Å². The molecular formula is C17H24BrI3O. The molecule has 0 radical (unpaired) electrons. The Balaban J connectivity index is 2.02. The van der Waals surface area contributed by atoms with Crippen LogP contribution in [0, 0.1) is 10.7 Å². The molecule has 22 heavy (non-hydrogen) atoms. The first-order valence-electron chi connectivity index (χ1n) is 7.98. The zero-order chi connectivity index (χ0) is 16.2. The van der Waals surface area contributed by atoms with Crippen LogP contribution < -0.4 is 4.74 Å². The van der Waals surface area contributed by atoms with E-state index in [0.717, 1.165) is 17.7 Å². The van der Waals surface area contributed by atoms with Gasteiger partial charge in [-0.1, -0.05) is 60.9 Å². The zero-order valence-corrected chi connectivity index (χ0v) is 20.9. The topological polar surface area (TPSA) is 9.23 Å². The molecule has 0 atom stereocenters. The summed E-state index contributed by atoms with van der Waals surface area (Å²) in [7, 11) is 0. The van der Waals surface area contributed by atoms with E-state index in [1.165, 1.54) is 68.5 Å². The van der Waals surface area contributed by atoms with Crippen LogP contribution in [0.25, 0.3) is 0 Å². The molecule has 0 saturated heterocycles. The van der Waals surface area contributed by atoms with E-state index in [4.69, 9.17) is 4.74 Å². The molecule has 1 nitrogen and oxygen atoms in total. The third-order valence-corrected chi connectivity index (χ3v) is 6.27. The van der Waals surface area contributed by atoms with Gasteiger partial charge in [0.05, 0.1) is 13.7 Å². The van der Waals surface area contributed by atoms with E-state index in [-0.39, 0.29) is 0 Å². The summed E-state index contributed by atoms with van der Waals surface area (Å²) in [6, 6.07) is 4.35. The highest BCUT2D eigenvalue weighted by molar-refractivity contribution is 14.1. The molecule has 0 heterocycles. The Morgan fingerprint density at radius 3 is 1.68 bits per heavy atom. The second kappa shape index (κ2) is 13.9. The minimum Gasteiger partial charge on any atom is -0.491 e. The van der Waals surface area contributed by atoms with Crippen molar-refractivity contribution in [1.82, 2.24) is 0 Å². The smallest absolute Gasteiger partial charge is 0.145 e. The highest BCUT2D eigenvalue weighted by Gasteiger charge is 2.07. The number of alkyl halides is 1. The molecule has 126 valence electrons. The van der Waals surface area contributed by atoms with Crippen molar-refractivity contribution >= 4 is 83.7 Å². The maximum atomic E-state index is 5.97. The molecule has 0 aliphatic heterocycles. The average molecular weight is 705 g/mol. The Kier molecular flexibility index (Phi) is 13.8. The standard InChI is InChI=1S/C17H24BrI3O/c18-10-8-6-4-2-1-3-5-7-9-11-22-17-15(20)12-14(19)13-16(17)21/h12-13H,1-11H2. The second-order valence-electron chi connectivity index (χ2n) is 5.42. The van der Waals surface area contributed by atoms with Gasteiger partial charge in [0.15, 0.2) is 0 Å². The summed E-state index contributed by atoms with van der Waals surface area (Å²) in [5.74, 6) is 1.06. The van der Waals surface area contributed by atoms with E-state index in [0.29, 0.717) is 0 Å². The highest BCUT2D eigenvalue weighted by Crippen LogP contribution is 2.29. The fourth-order valence-corrected chi connectivity index (χ4v) is 6.57. The van der Waals surface area contributed by atoms with Crippen LogP contribution in [0.5, 0.6) is 5.75 Å². The minimum absolute atomic E-state index is 0.845. The molecule has 0 bridgehead atoms. The van der Waals surface area contributed by atoms with E-state index in [1.54, 1.807) is 0 Å². The van der Waals surface area contributed by atoms with Gasteiger partial charge in [-0.15, -0.1) is 0 Å². The lowest BCUT2D eigenvalue weighted by Gasteiger charge is -2.11. The van der Waals surface area contributed by atoms with Crippen molar-refractivity contribution in [2.24, 2.45) is 0 Å². The Morgan fingerprint density at radius 1 is 0.727 bits per heavy atom. The van der Waals surface area contributed by atoms with Gasteiger partial charge in [0, 0.05) is 8.90 Å². The number of hydrogen-bond donors (Lipinski definition) is 0. The third-order valence-electron chi connectivity index (χ3n) is 3.49. The summed E-state index contributed by atoms with van der Waals surface area (Å²) in [6.07, 6.45) is 12.1. The molecule has 0 N–H and O–H groups in total. The quantitative estimate of drug-likeness (QED) is 0.123. The van der Waals surface area contributed by atoms with Crippen LogP contribution in [0.15, 0.2) is 12.1 Å². The summed E-state index contributed by atoms with van der Waals surface area (Å²) in [5, 5.41) is 1.16. The van der Waals surface area contributed by atoms with Gasteiger partial charge >= 0.3 is 0 Å². The van der Waals surface area contributed by atoms with Crippen molar-refractivity contribution in [3.05, 3.63) is 22.8 Å². The van der Waals surface area contributed by atoms with Gasteiger partial charge in [-0.2, -0.15) is 0 Å². The summed E-state index contributed by atoms with van der Waals surface area (Å²) < 4.78 is 9.68. The predicted octanol–water partition coefficient (Wildman–Crippen LogP) is 7.79. The number of hydrogen-bond acceptors (Lipinski definition) is 1. The van der Waals surface area contributed by atoms with E-state index >= 15 is 0 Å². The van der Waals surface area contributed by atoms with Gasteiger partial charge < -0.3 is 4.74 Å². The van der Waals surface area contributed by atoms with E-state index < -0.39 is 0 Å². The molecule has 0 spiro atoms. The molecule has 0 aromatic heterocycles. The molecule has 5 heteroatoms. The van der Waals surface area contributed by atoms with Crippen molar-refractivity contribution < 1.29 is 4.74 Å². The van der Waals surface area contributed by atoms with Crippen LogP contribution in [-0.4, -0.2) is 11.9 Å². The number of halogens is 4. The average Bonchev–Trinajstić information content (AvgIpc) is 2.46. The van der Waals surface area contributed by atoms with Crippen molar-refractivity contribution in [3.8, 4) is 5.75 Å². The van der Waals surface area contributed by atoms with Gasteiger partial charge in [0.25, 0.3) is 0 Å². The second-order valence-corrected chi connectivity index (χ2v) is 9.78. The molecule has 0 aliphatic rings. The van der Waals surface area contributed by atoms with Gasteiger partial charge in [0.2, 0.25) is 0 Å². The third kappa shape index (κ3) is 9.86. The summed E-state index contributed by atoms with van der Waals surface area (Å²) in [5.41, 5.74) is 0. The van der Waals surface area contributed by atoms with Crippen LogP contribution in [0.4, 0.5) is 0 Å². The predicted molar refractivity (Wildman–Crippen MR) is 125 cm³/mol. The van der Waals surface area contributed by atoms with Crippen molar-refractivity contribution in [3.63, 3.8) is 0 Å². The summed E-state index contributed by atoms with van der Waals surface area (Å²) in [4.78, 5) is 0. The fraction of sp³-hybridized carbons (Fsp3) is 0.647. The normalized spacial score (nSPS) is 10.9. The lowest BCUT2D eigenvalue weighted by Crippen LogP contribution is -2.01. The molecule has 0 unspecified atom stereocenters. The lowest BCUT2D eigenvalue weighted by atomic mass is 10.1. The fourth-order valence-electron chi connectivity index (χ4n) is 2.28. The number of unbranched alkanes of at least 4 members (excludes halogenated alkanes) is 8. The van der Waals surface area contributed by atoms with E-state index in [1.807, 2.05) is 0 Å². The number of benzene rings is 1. The van der Waals surface area contributed by atoms with Crippen molar-refractivity contribution in [1.29, 1.82) is 0 Å². The summed E-state index contributed by atoms with van der Waals surface area (Å²) in [6.45, 7) is 0.845. The Hall–Kier alpha value is 1.69. The van der Waals surface area contributed by atoms with Crippen LogP contribution in [0.1, 0.15) is 57.8 Å². The highest BCUT2D eigenvalue weighted by atomic mass is 127. The van der Waals surface area contributed by atoms with Crippen LogP contribution >= 0.6 is 83.7 Å². The van der Waals surface area contributed by atoms with Crippen molar-refractivity contribution in [2.45, 2.75) is 57.8 Å². The van der Waals surface area contributed by atoms with Gasteiger partial charge in [-0.3, -0.25) is 0 Å². The van der Waals surface area contributed by atoms with Crippen LogP contribution in [-0.2, 0) is 0 Å². The number of ether oxygens (including phenoxy) is 1. The SMILES string of the molecule is BrCCCCCCCCCCCOc1c(I)cc(I)cc1I. The zero-order valence-electron chi connectivity index (χ0n) is 12.9. The van der Waals surface area contributed by atoms with Gasteiger partial charge in [-0.25, -0.2) is 0 Å². The van der Waals surface area contributed by atoms with E-state index in [9.17, 15) is 0 Å². The largest absolute Gasteiger partial charge is 0.491 e. The number of rotatable bonds is 12. The minimum atomic E-state index is 0.845. The molecule has 1 aromatic rings. The Bertz CT molecular complexity index is 403. The first kappa shape index (κ1) is 21.7.